The Morgan fingerprint density at radius 2 is 2.43 bits per heavy atom. The molecule has 2 heterocycles. The van der Waals surface area contributed by atoms with Crippen molar-refractivity contribution in [2.45, 2.75) is 18.8 Å². The number of ether oxygens (including phenoxy) is 1. The van der Waals surface area contributed by atoms with Crippen LogP contribution in [0.5, 0.6) is 5.75 Å². The molecular formula is C11H16N2O. The van der Waals surface area contributed by atoms with Gasteiger partial charge in [0.25, 0.3) is 0 Å². The number of hydrogen-bond donors (Lipinski definition) is 1. The molecule has 3 nitrogen and oxygen atoms in total. The van der Waals surface area contributed by atoms with E-state index < -0.39 is 0 Å². The van der Waals surface area contributed by atoms with Gasteiger partial charge in [0.2, 0.25) is 0 Å². The number of methoxy groups -OCH3 is 1. The maximum Gasteiger partial charge on any atom is 0.137 e. The predicted molar refractivity (Wildman–Crippen MR) is 55.6 cm³/mol. The van der Waals surface area contributed by atoms with Crippen LogP contribution in [0.4, 0.5) is 0 Å². The van der Waals surface area contributed by atoms with Crippen molar-refractivity contribution in [3.63, 3.8) is 0 Å². The van der Waals surface area contributed by atoms with Gasteiger partial charge in [-0.25, -0.2) is 0 Å². The molecule has 1 unspecified atom stereocenters. The van der Waals surface area contributed by atoms with Gasteiger partial charge in [-0.05, 0) is 36.9 Å². The van der Waals surface area contributed by atoms with Crippen molar-refractivity contribution in [1.29, 1.82) is 0 Å². The average Bonchev–Trinajstić information content (AvgIpc) is 2.30. The van der Waals surface area contributed by atoms with Crippen LogP contribution in [0.15, 0.2) is 18.5 Å². The highest BCUT2D eigenvalue weighted by Gasteiger charge is 2.15. The minimum atomic E-state index is 0.603. The molecule has 0 saturated carbocycles. The van der Waals surface area contributed by atoms with Crippen LogP contribution >= 0.6 is 0 Å². The SMILES string of the molecule is COc1cncc(C2CCCNC2)c1. The number of aromatic nitrogens is 1. The van der Waals surface area contributed by atoms with E-state index in [0.29, 0.717) is 5.92 Å². The summed E-state index contributed by atoms with van der Waals surface area (Å²) < 4.78 is 5.16. The van der Waals surface area contributed by atoms with Crippen molar-refractivity contribution in [1.82, 2.24) is 10.3 Å². The lowest BCUT2D eigenvalue weighted by Crippen LogP contribution is -2.28. The summed E-state index contributed by atoms with van der Waals surface area (Å²) in [6, 6.07) is 2.09. The smallest absolute Gasteiger partial charge is 0.137 e. The van der Waals surface area contributed by atoms with Crippen LogP contribution < -0.4 is 10.1 Å². The molecule has 0 bridgehead atoms. The maximum absolute atomic E-state index is 5.16. The van der Waals surface area contributed by atoms with Crippen molar-refractivity contribution < 1.29 is 4.74 Å². The molecule has 0 radical (unpaired) electrons. The summed E-state index contributed by atoms with van der Waals surface area (Å²) in [5, 5.41) is 3.40. The van der Waals surface area contributed by atoms with E-state index in [9.17, 15) is 0 Å². The quantitative estimate of drug-likeness (QED) is 0.772. The van der Waals surface area contributed by atoms with Crippen molar-refractivity contribution in [2.75, 3.05) is 20.2 Å². The minimum Gasteiger partial charge on any atom is -0.495 e. The summed E-state index contributed by atoms with van der Waals surface area (Å²) in [5.74, 6) is 1.46. The molecule has 14 heavy (non-hydrogen) atoms. The van der Waals surface area contributed by atoms with Gasteiger partial charge in [0.15, 0.2) is 0 Å². The molecule has 1 fully saturated rings. The summed E-state index contributed by atoms with van der Waals surface area (Å²) in [4.78, 5) is 4.18. The van der Waals surface area contributed by atoms with Gasteiger partial charge in [-0.2, -0.15) is 0 Å². The molecule has 3 heteroatoms. The Balaban J connectivity index is 2.13. The lowest BCUT2D eigenvalue weighted by Gasteiger charge is -2.22. The lowest BCUT2D eigenvalue weighted by molar-refractivity contribution is 0.409. The zero-order chi connectivity index (χ0) is 9.80. The van der Waals surface area contributed by atoms with Gasteiger partial charge in [-0.1, -0.05) is 0 Å². The number of hydrogen-bond acceptors (Lipinski definition) is 3. The fourth-order valence-electron chi connectivity index (χ4n) is 1.91. The first-order valence-corrected chi connectivity index (χ1v) is 5.10. The largest absolute Gasteiger partial charge is 0.495 e. The van der Waals surface area contributed by atoms with Crippen LogP contribution in [-0.2, 0) is 0 Å². The first-order chi connectivity index (χ1) is 6.90. The van der Waals surface area contributed by atoms with E-state index in [0.717, 1.165) is 18.8 Å². The van der Waals surface area contributed by atoms with Gasteiger partial charge in [-0.3, -0.25) is 4.98 Å². The third kappa shape index (κ3) is 2.04. The molecule has 2 rings (SSSR count). The number of piperidine rings is 1. The molecule has 0 amide bonds. The maximum atomic E-state index is 5.16. The second-order valence-corrected chi connectivity index (χ2v) is 3.70. The van der Waals surface area contributed by atoms with Crippen LogP contribution in [0.1, 0.15) is 24.3 Å². The summed E-state index contributed by atoms with van der Waals surface area (Å²) >= 11 is 0. The van der Waals surface area contributed by atoms with Gasteiger partial charge >= 0.3 is 0 Å². The summed E-state index contributed by atoms with van der Waals surface area (Å²) in [6.07, 6.45) is 6.20. The van der Waals surface area contributed by atoms with Crippen LogP contribution in [0.25, 0.3) is 0 Å². The molecule has 1 aliphatic rings. The Kier molecular flexibility index (Phi) is 2.99. The number of nitrogens with zero attached hydrogens (tertiary/aromatic N) is 1. The molecule has 1 aromatic rings. The summed E-state index contributed by atoms with van der Waals surface area (Å²) in [5.41, 5.74) is 1.29. The Morgan fingerprint density at radius 3 is 3.14 bits per heavy atom. The molecule has 1 saturated heterocycles. The number of pyridine rings is 1. The highest BCUT2D eigenvalue weighted by Crippen LogP contribution is 2.24. The van der Waals surface area contributed by atoms with E-state index >= 15 is 0 Å². The molecule has 76 valence electrons. The van der Waals surface area contributed by atoms with Crippen LogP contribution in [0.2, 0.25) is 0 Å². The minimum absolute atomic E-state index is 0.603. The third-order valence-corrected chi connectivity index (χ3v) is 2.74. The highest BCUT2D eigenvalue weighted by atomic mass is 16.5. The summed E-state index contributed by atoms with van der Waals surface area (Å²) in [6.45, 7) is 2.21. The lowest BCUT2D eigenvalue weighted by atomic mass is 9.93. The van der Waals surface area contributed by atoms with Gasteiger partial charge in [0.05, 0.1) is 13.3 Å². The molecular weight excluding hydrogens is 176 g/mol. The third-order valence-electron chi connectivity index (χ3n) is 2.74. The molecule has 0 aromatic carbocycles. The first kappa shape index (κ1) is 9.46. The van der Waals surface area contributed by atoms with Gasteiger partial charge in [-0.15, -0.1) is 0 Å². The predicted octanol–water partition coefficient (Wildman–Crippen LogP) is 1.56. The number of rotatable bonds is 2. The van der Waals surface area contributed by atoms with Crippen molar-refractivity contribution >= 4 is 0 Å². The van der Waals surface area contributed by atoms with E-state index in [1.807, 2.05) is 6.20 Å². The Morgan fingerprint density at radius 1 is 1.50 bits per heavy atom. The second-order valence-electron chi connectivity index (χ2n) is 3.70. The normalized spacial score (nSPS) is 21.9. The molecule has 1 aliphatic heterocycles. The van der Waals surface area contributed by atoms with E-state index in [4.69, 9.17) is 4.74 Å². The molecule has 0 aliphatic carbocycles. The van der Waals surface area contributed by atoms with E-state index in [-0.39, 0.29) is 0 Å². The summed E-state index contributed by atoms with van der Waals surface area (Å²) in [7, 11) is 1.68. The zero-order valence-electron chi connectivity index (χ0n) is 8.49. The highest BCUT2D eigenvalue weighted by molar-refractivity contribution is 5.26. The molecule has 1 N–H and O–H groups in total. The molecule has 1 aromatic heterocycles. The van der Waals surface area contributed by atoms with Gasteiger partial charge < -0.3 is 10.1 Å². The van der Waals surface area contributed by atoms with Crippen molar-refractivity contribution in [3.05, 3.63) is 24.0 Å². The monoisotopic (exact) mass is 192 g/mol. The van der Waals surface area contributed by atoms with Gasteiger partial charge in [0.1, 0.15) is 5.75 Å². The number of nitrogens with one attached hydrogen (secondary N) is 1. The van der Waals surface area contributed by atoms with Crippen LogP contribution in [-0.4, -0.2) is 25.2 Å². The fraction of sp³-hybridized carbons (Fsp3) is 0.545. The van der Waals surface area contributed by atoms with E-state index in [1.165, 1.54) is 18.4 Å². The fourth-order valence-corrected chi connectivity index (χ4v) is 1.91. The van der Waals surface area contributed by atoms with E-state index in [2.05, 4.69) is 16.4 Å². The Hall–Kier alpha value is -1.09. The molecule has 1 atom stereocenters. The topological polar surface area (TPSA) is 34.1 Å². The Bertz CT molecular complexity index is 295. The van der Waals surface area contributed by atoms with Crippen molar-refractivity contribution in [3.8, 4) is 5.75 Å². The standard InChI is InChI=1S/C11H16N2O/c1-14-11-5-10(7-13-8-11)9-3-2-4-12-6-9/h5,7-9,12H,2-4,6H2,1H3. The molecule has 0 spiro atoms. The second kappa shape index (κ2) is 4.42. The van der Waals surface area contributed by atoms with Crippen molar-refractivity contribution in [2.24, 2.45) is 0 Å². The van der Waals surface area contributed by atoms with Gasteiger partial charge in [0, 0.05) is 12.7 Å². The van der Waals surface area contributed by atoms with E-state index in [1.54, 1.807) is 13.3 Å². The Labute approximate surface area is 84.5 Å². The average molecular weight is 192 g/mol. The van der Waals surface area contributed by atoms with Crippen LogP contribution in [0.3, 0.4) is 0 Å². The first-order valence-electron chi connectivity index (χ1n) is 5.10. The zero-order valence-corrected chi connectivity index (χ0v) is 8.49. The van der Waals surface area contributed by atoms with Crippen LogP contribution in [0, 0.1) is 0 Å².